The molecule has 0 bridgehead atoms. The maximum Gasteiger partial charge on any atom is 0.260 e. The first kappa shape index (κ1) is 18.4. The Kier molecular flexibility index (Phi) is 6.23. The fourth-order valence-corrected chi connectivity index (χ4v) is 3.30. The van der Waals surface area contributed by atoms with E-state index >= 15 is 0 Å². The molecule has 0 aliphatic carbocycles. The van der Waals surface area contributed by atoms with Gasteiger partial charge in [-0.1, -0.05) is 30.3 Å². The molecule has 2 atom stereocenters. The van der Waals surface area contributed by atoms with Gasteiger partial charge < -0.3 is 10.1 Å². The molecule has 0 radical (unpaired) electrons. The highest BCUT2D eigenvalue weighted by Gasteiger charge is 2.25. The first-order valence-electron chi connectivity index (χ1n) is 9.12. The highest BCUT2D eigenvalue weighted by Crippen LogP contribution is 2.24. The zero-order valence-electron chi connectivity index (χ0n) is 15.0. The molecule has 5 heteroatoms. The van der Waals surface area contributed by atoms with Crippen LogP contribution in [0.2, 0.25) is 0 Å². The van der Waals surface area contributed by atoms with Crippen LogP contribution in [0, 0.1) is 5.82 Å². The second-order valence-corrected chi connectivity index (χ2v) is 6.63. The van der Waals surface area contributed by atoms with E-state index in [0.29, 0.717) is 12.3 Å². The molecule has 1 amide bonds. The van der Waals surface area contributed by atoms with Gasteiger partial charge in [-0.15, -0.1) is 0 Å². The van der Waals surface area contributed by atoms with Gasteiger partial charge in [-0.3, -0.25) is 9.69 Å². The molecule has 0 aromatic heterocycles. The van der Waals surface area contributed by atoms with Crippen molar-refractivity contribution in [1.82, 2.24) is 10.2 Å². The van der Waals surface area contributed by atoms with Crippen LogP contribution in [0.4, 0.5) is 4.39 Å². The van der Waals surface area contributed by atoms with Crippen LogP contribution in [0.15, 0.2) is 54.6 Å². The third-order valence-corrected chi connectivity index (χ3v) is 4.73. The lowest BCUT2D eigenvalue weighted by atomic mass is 10.1. The molecule has 2 unspecified atom stereocenters. The number of ether oxygens (including phenoxy) is 1. The lowest BCUT2D eigenvalue weighted by Crippen LogP contribution is -2.42. The molecule has 0 saturated carbocycles. The number of carbonyl (C=O) groups is 1. The van der Waals surface area contributed by atoms with Gasteiger partial charge in [0, 0.05) is 6.54 Å². The summed E-state index contributed by atoms with van der Waals surface area (Å²) in [7, 11) is 0. The minimum absolute atomic E-state index is 0.167. The van der Waals surface area contributed by atoms with Crippen molar-refractivity contribution in [2.45, 2.75) is 31.9 Å². The molecule has 1 saturated heterocycles. The first-order chi connectivity index (χ1) is 12.6. The standard InChI is InChI=1S/C21H25FN2O2/c1-16(26-19-11-9-18(22)10-12-19)21(25)23-15-20(24-13-5-6-14-24)17-7-3-2-4-8-17/h2-4,7-12,16,20H,5-6,13-15H2,1H3,(H,23,25). The first-order valence-corrected chi connectivity index (χ1v) is 9.12. The van der Waals surface area contributed by atoms with Crippen molar-refractivity contribution in [2.24, 2.45) is 0 Å². The summed E-state index contributed by atoms with van der Waals surface area (Å²) in [5.74, 6) is -0.0200. The minimum atomic E-state index is -0.643. The van der Waals surface area contributed by atoms with Crippen LogP contribution in [0.3, 0.4) is 0 Å². The molecular formula is C21H25FN2O2. The number of likely N-dealkylation sites (tertiary alicyclic amines) is 1. The summed E-state index contributed by atoms with van der Waals surface area (Å²) in [5.41, 5.74) is 1.21. The molecule has 0 spiro atoms. The van der Waals surface area contributed by atoms with Gasteiger partial charge in [0.2, 0.25) is 0 Å². The van der Waals surface area contributed by atoms with Gasteiger partial charge >= 0.3 is 0 Å². The third-order valence-electron chi connectivity index (χ3n) is 4.73. The molecule has 138 valence electrons. The molecule has 26 heavy (non-hydrogen) atoms. The number of nitrogens with zero attached hydrogens (tertiary/aromatic N) is 1. The van der Waals surface area contributed by atoms with E-state index < -0.39 is 6.10 Å². The fourth-order valence-electron chi connectivity index (χ4n) is 3.30. The van der Waals surface area contributed by atoms with E-state index in [1.54, 1.807) is 6.92 Å². The SMILES string of the molecule is CC(Oc1ccc(F)cc1)C(=O)NCC(c1ccccc1)N1CCCC1. The van der Waals surface area contributed by atoms with E-state index in [4.69, 9.17) is 4.74 Å². The largest absolute Gasteiger partial charge is 0.481 e. The van der Waals surface area contributed by atoms with Gasteiger partial charge in [-0.05, 0) is 62.7 Å². The van der Waals surface area contributed by atoms with Crippen molar-refractivity contribution in [1.29, 1.82) is 0 Å². The van der Waals surface area contributed by atoms with E-state index in [1.165, 1.54) is 42.7 Å². The van der Waals surface area contributed by atoms with Crippen molar-refractivity contribution in [3.63, 3.8) is 0 Å². The van der Waals surface area contributed by atoms with Crippen LogP contribution in [0.5, 0.6) is 5.75 Å². The van der Waals surface area contributed by atoms with Gasteiger partial charge in [0.05, 0.1) is 6.04 Å². The predicted molar refractivity (Wildman–Crippen MR) is 99.5 cm³/mol. The van der Waals surface area contributed by atoms with E-state index in [1.807, 2.05) is 18.2 Å². The summed E-state index contributed by atoms with van der Waals surface area (Å²) < 4.78 is 18.6. The smallest absolute Gasteiger partial charge is 0.260 e. The average Bonchev–Trinajstić information content (AvgIpc) is 3.19. The van der Waals surface area contributed by atoms with E-state index in [9.17, 15) is 9.18 Å². The Morgan fingerprint density at radius 1 is 1.12 bits per heavy atom. The Balaban J connectivity index is 1.59. The molecule has 2 aromatic rings. The lowest BCUT2D eigenvalue weighted by Gasteiger charge is -2.28. The molecule has 1 aliphatic heterocycles. The van der Waals surface area contributed by atoms with Crippen molar-refractivity contribution in [3.8, 4) is 5.75 Å². The van der Waals surface area contributed by atoms with Crippen molar-refractivity contribution >= 4 is 5.91 Å². The van der Waals surface area contributed by atoms with Crippen molar-refractivity contribution in [2.75, 3.05) is 19.6 Å². The third kappa shape index (κ3) is 4.82. The molecule has 1 heterocycles. The highest BCUT2D eigenvalue weighted by molar-refractivity contribution is 5.80. The molecule has 1 N–H and O–H groups in total. The fraction of sp³-hybridized carbons (Fsp3) is 0.381. The summed E-state index contributed by atoms with van der Waals surface area (Å²) in [6.07, 6.45) is 1.75. The van der Waals surface area contributed by atoms with Crippen LogP contribution >= 0.6 is 0 Å². The molecular weight excluding hydrogens is 331 g/mol. The van der Waals surface area contributed by atoms with E-state index in [2.05, 4.69) is 22.3 Å². The minimum Gasteiger partial charge on any atom is -0.481 e. The zero-order chi connectivity index (χ0) is 18.4. The number of rotatable bonds is 7. The Morgan fingerprint density at radius 2 is 1.77 bits per heavy atom. The van der Waals surface area contributed by atoms with Gasteiger partial charge in [0.25, 0.3) is 5.91 Å². The zero-order valence-corrected chi connectivity index (χ0v) is 15.0. The summed E-state index contributed by atoms with van der Waals surface area (Å²) in [4.78, 5) is 14.9. The van der Waals surface area contributed by atoms with Crippen LogP contribution in [0.1, 0.15) is 31.4 Å². The number of hydrogen-bond acceptors (Lipinski definition) is 3. The van der Waals surface area contributed by atoms with Crippen molar-refractivity contribution < 1.29 is 13.9 Å². The molecule has 3 rings (SSSR count). The van der Waals surface area contributed by atoms with E-state index in [-0.39, 0.29) is 17.8 Å². The summed E-state index contributed by atoms with van der Waals surface area (Å²) in [5, 5.41) is 3.01. The number of benzene rings is 2. The quantitative estimate of drug-likeness (QED) is 0.825. The Labute approximate surface area is 154 Å². The van der Waals surface area contributed by atoms with Gasteiger partial charge in [0.15, 0.2) is 6.10 Å². The molecule has 1 fully saturated rings. The number of amides is 1. The number of hydrogen-bond donors (Lipinski definition) is 1. The summed E-state index contributed by atoms with van der Waals surface area (Å²) >= 11 is 0. The normalized spacial score (nSPS) is 16.8. The Hall–Kier alpha value is -2.40. The Bertz CT molecular complexity index is 700. The lowest BCUT2D eigenvalue weighted by molar-refractivity contribution is -0.127. The van der Waals surface area contributed by atoms with E-state index in [0.717, 1.165) is 13.1 Å². The van der Waals surface area contributed by atoms with Gasteiger partial charge in [-0.2, -0.15) is 0 Å². The second kappa shape index (κ2) is 8.81. The summed E-state index contributed by atoms with van der Waals surface area (Å²) in [6, 6.07) is 16.1. The molecule has 1 aliphatic rings. The predicted octanol–water partition coefficient (Wildman–Crippen LogP) is 3.55. The van der Waals surface area contributed by atoms with Gasteiger partial charge in [-0.25, -0.2) is 4.39 Å². The second-order valence-electron chi connectivity index (χ2n) is 6.63. The maximum atomic E-state index is 13.0. The van der Waals surface area contributed by atoms with Crippen LogP contribution in [-0.4, -0.2) is 36.5 Å². The highest BCUT2D eigenvalue weighted by atomic mass is 19.1. The molecule has 2 aromatic carbocycles. The Morgan fingerprint density at radius 3 is 2.42 bits per heavy atom. The monoisotopic (exact) mass is 356 g/mol. The van der Waals surface area contributed by atoms with Crippen molar-refractivity contribution in [3.05, 3.63) is 66.0 Å². The maximum absolute atomic E-state index is 13.0. The summed E-state index contributed by atoms with van der Waals surface area (Å²) in [6.45, 7) is 4.35. The average molecular weight is 356 g/mol. The number of carbonyl (C=O) groups excluding carboxylic acids is 1. The van der Waals surface area contributed by atoms with Gasteiger partial charge in [0.1, 0.15) is 11.6 Å². The van der Waals surface area contributed by atoms with Crippen LogP contribution in [0.25, 0.3) is 0 Å². The van der Waals surface area contributed by atoms with Crippen LogP contribution in [-0.2, 0) is 4.79 Å². The molecule has 4 nitrogen and oxygen atoms in total. The number of nitrogens with one attached hydrogen (secondary N) is 1. The topological polar surface area (TPSA) is 41.6 Å². The van der Waals surface area contributed by atoms with Crippen LogP contribution < -0.4 is 10.1 Å². The number of halogens is 1.